The zero-order valence-corrected chi connectivity index (χ0v) is 21.7. The number of carbonyl (C=O) groups is 3. The van der Waals surface area contributed by atoms with Gasteiger partial charge in [0.1, 0.15) is 5.75 Å². The molecule has 1 saturated heterocycles. The lowest BCUT2D eigenvalue weighted by Gasteiger charge is -2.32. The number of likely N-dealkylation sites (tertiary alicyclic amines) is 1. The number of Topliss-reactive ketones (excluding diaryl/α,β-unsaturated/α-hetero) is 1. The van der Waals surface area contributed by atoms with Gasteiger partial charge in [0.15, 0.2) is 11.8 Å². The number of hydrogen-bond donors (Lipinski definition) is 2. The Labute approximate surface area is 218 Å². The molecule has 2 aromatic carbocycles. The van der Waals surface area contributed by atoms with Crippen LogP contribution in [-0.2, 0) is 14.4 Å². The summed E-state index contributed by atoms with van der Waals surface area (Å²) in [5.74, 6) is -1.60. The molecule has 10 heteroatoms. The van der Waals surface area contributed by atoms with E-state index in [1.807, 2.05) is 24.3 Å². The predicted octanol–water partition coefficient (Wildman–Crippen LogP) is 4.65. The van der Waals surface area contributed by atoms with Crippen molar-refractivity contribution in [2.75, 3.05) is 27.2 Å². The summed E-state index contributed by atoms with van der Waals surface area (Å²) in [6.45, 7) is 4.58. The molecule has 35 heavy (non-hydrogen) atoms. The average molecular weight is 537 g/mol. The highest BCUT2D eigenvalue weighted by atomic mass is 35.5. The number of nitrogens with zero attached hydrogens (tertiary/aromatic N) is 1. The van der Waals surface area contributed by atoms with Crippen LogP contribution in [0, 0.1) is 5.92 Å². The van der Waals surface area contributed by atoms with Gasteiger partial charge in [0.25, 0.3) is 5.91 Å². The number of carbonyl (C=O) groups excluding carboxylic acids is 2. The number of ketones is 1. The van der Waals surface area contributed by atoms with E-state index in [4.69, 9.17) is 27.9 Å². The van der Waals surface area contributed by atoms with E-state index in [-0.39, 0.29) is 22.3 Å². The van der Waals surface area contributed by atoms with Gasteiger partial charge in [-0.05, 0) is 38.1 Å². The first kappa shape index (κ1) is 27.1. The first-order chi connectivity index (χ1) is 16.7. The van der Waals surface area contributed by atoms with Gasteiger partial charge in [-0.3, -0.25) is 14.4 Å². The number of carboxylic acid groups (broad SMARTS) is 1. The molecule has 1 aliphatic rings. The maximum Gasteiger partial charge on any atom is 0.328 e. The maximum atomic E-state index is 13.1. The maximum absolute atomic E-state index is 13.1. The predicted molar refractivity (Wildman–Crippen MR) is 137 cm³/mol. The summed E-state index contributed by atoms with van der Waals surface area (Å²) >= 11 is 14.5. The number of benzene rings is 2. The van der Waals surface area contributed by atoms with Crippen molar-refractivity contribution in [3.8, 4) is 5.75 Å². The minimum atomic E-state index is -1.24. The summed E-state index contributed by atoms with van der Waals surface area (Å²) in [6.07, 6.45) is 0.762. The van der Waals surface area contributed by atoms with Crippen LogP contribution in [0.5, 0.6) is 5.75 Å². The number of ether oxygens (including phenoxy) is 1. The van der Waals surface area contributed by atoms with Crippen LogP contribution in [0.2, 0.25) is 10.0 Å². The van der Waals surface area contributed by atoms with E-state index in [0.29, 0.717) is 47.2 Å². The van der Waals surface area contributed by atoms with Crippen molar-refractivity contribution < 1.29 is 24.2 Å². The van der Waals surface area contributed by atoms with Gasteiger partial charge < -0.3 is 20.1 Å². The molecule has 2 N–H and O–H groups in total. The molecule has 1 atom stereocenters. The van der Waals surface area contributed by atoms with Crippen molar-refractivity contribution in [1.82, 2.24) is 10.2 Å². The van der Waals surface area contributed by atoms with Crippen LogP contribution in [0.25, 0.3) is 5.57 Å². The third-order valence-electron chi connectivity index (χ3n) is 5.92. The molecule has 1 unspecified atom stereocenters. The summed E-state index contributed by atoms with van der Waals surface area (Å²) in [4.78, 5) is 40.0. The highest BCUT2D eigenvalue weighted by Gasteiger charge is 2.35. The molecule has 0 aliphatic carbocycles. The number of nitrogens with one attached hydrogen (secondary N) is 1. The van der Waals surface area contributed by atoms with Crippen LogP contribution in [0.15, 0.2) is 52.8 Å². The molecule has 1 amide bonds. The largest absolute Gasteiger partial charge is 0.496 e. The van der Waals surface area contributed by atoms with Gasteiger partial charge in [0.2, 0.25) is 0 Å². The second-order valence-electron chi connectivity index (χ2n) is 8.00. The van der Waals surface area contributed by atoms with Gasteiger partial charge in [-0.1, -0.05) is 59.7 Å². The van der Waals surface area contributed by atoms with Crippen molar-refractivity contribution >= 4 is 58.2 Å². The van der Waals surface area contributed by atoms with E-state index >= 15 is 0 Å². The van der Waals surface area contributed by atoms with Crippen LogP contribution in [-0.4, -0.2) is 61.0 Å². The number of carboxylic acids is 1. The highest BCUT2D eigenvalue weighted by molar-refractivity contribution is 7.99. The molecule has 0 spiro atoms. The number of likely N-dealkylation sites (N-methyl/N-ethyl adjacent to an activating group) is 1. The van der Waals surface area contributed by atoms with Crippen molar-refractivity contribution in [1.29, 1.82) is 0 Å². The van der Waals surface area contributed by atoms with E-state index in [9.17, 15) is 19.5 Å². The fourth-order valence-electron chi connectivity index (χ4n) is 3.96. The third kappa shape index (κ3) is 6.01. The van der Waals surface area contributed by atoms with Crippen molar-refractivity contribution in [3.63, 3.8) is 0 Å². The second-order valence-corrected chi connectivity index (χ2v) is 9.84. The Morgan fingerprint density at radius 1 is 1.11 bits per heavy atom. The summed E-state index contributed by atoms with van der Waals surface area (Å²) in [7, 11) is 3.03. The minimum Gasteiger partial charge on any atom is -0.496 e. The molecule has 0 radical (unpaired) electrons. The first-order valence-electron chi connectivity index (χ1n) is 10.9. The normalized spacial score (nSPS) is 14.9. The lowest BCUT2D eigenvalue weighted by Crippen LogP contribution is -2.48. The molecule has 3 rings (SSSR count). The quantitative estimate of drug-likeness (QED) is 0.355. The van der Waals surface area contributed by atoms with E-state index < -0.39 is 17.9 Å². The van der Waals surface area contributed by atoms with Crippen molar-refractivity contribution in [2.24, 2.45) is 5.92 Å². The SMILES string of the molecule is C=C(C(=O)N1CCC(C(=O)C(NC)C(=O)O)CC1)c1ccc(Sc2ccccc2OC)c(Cl)c1Cl. The molecule has 1 heterocycles. The highest BCUT2D eigenvalue weighted by Crippen LogP contribution is 2.43. The fourth-order valence-corrected chi connectivity index (χ4v) is 5.54. The standard InChI is InChI=1S/C25H26Cl2N2O5S/c1-14(24(31)29-12-10-15(11-13-29)23(30)22(28-2)25(32)33)16-8-9-19(21(27)20(16)26)35-18-7-5-4-6-17(18)34-3/h4-9,15,22,28H,1,10-13H2,2-3H3,(H,32,33). The number of hydrogen-bond acceptors (Lipinski definition) is 6. The molecule has 0 bridgehead atoms. The number of halogens is 2. The van der Waals surface area contributed by atoms with Gasteiger partial charge in [-0.2, -0.15) is 0 Å². The van der Waals surface area contributed by atoms with E-state index in [2.05, 4.69) is 11.9 Å². The Kier molecular flexibility index (Phi) is 9.24. The van der Waals surface area contributed by atoms with Crippen molar-refractivity contribution in [2.45, 2.75) is 28.7 Å². The van der Waals surface area contributed by atoms with Gasteiger partial charge in [0.05, 0.1) is 22.1 Å². The van der Waals surface area contributed by atoms with Gasteiger partial charge in [0, 0.05) is 35.0 Å². The van der Waals surface area contributed by atoms with Crippen LogP contribution in [0.4, 0.5) is 0 Å². The molecule has 7 nitrogen and oxygen atoms in total. The van der Waals surface area contributed by atoms with Crippen LogP contribution < -0.4 is 10.1 Å². The lowest BCUT2D eigenvalue weighted by molar-refractivity contribution is -0.145. The molecule has 0 saturated carbocycles. The Hall–Kier alpha value is -2.52. The van der Waals surface area contributed by atoms with E-state index in [1.165, 1.54) is 18.8 Å². The van der Waals surface area contributed by atoms with Gasteiger partial charge in [-0.15, -0.1) is 0 Å². The molecular weight excluding hydrogens is 511 g/mol. The van der Waals surface area contributed by atoms with E-state index in [1.54, 1.807) is 24.1 Å². The van der Waals surface area contributed by atoms with Crippen LogP contribution >= 0.6 is 35.0 Å². The number of piperidine rings is 1. The van der Waals surface area contributed by atoms with Gasteiger partial charge >= 0.3 is 5.97 Å². The van der Waals surface area contributed by atoms with Crippen molar-refractivity contribution in [3.05, 3.63) is 58.6 Å². The number of aliphatic carboxylic acids is 1. The molecule has 1 aliphatic heterocycles. The Morgan fingerprint density at radius 3 is 2.37 bits per heavy atom. The number of para-hydroxylation sites is 1. The molecule has 1 fully saturated rings. The fraction of sp³-hybridized carbons (Fsp3) is 0.320. The third-order valence-corrected chi connectivity index (χ3v) is 8.04. The second kappa shape index (κ2) is 11.9. The van der Waals surface area contributed by atoms with E-state index in [0.717, 1.165) is 4.90 Å². The van der Waals surface area contributed by atoms with Crippen LogP contribution in [0.1, 0.15) is 18.4 Å². The minimum absolute atomic E-state index is 0.203. The summed E-state index contributed by atoms with van der Waals surface area (Å²) in [5.41, 5.74) is 0.638. The topological polar surface area (TPSA) is 95.9 Å². The molecule has 2 aromatic rings. The number of rotatable bonds is 9. The number of amides is 1. The summed E-state index contributed by atoms with van der Waals surface area (Å²) < 4.78 is 5.39. The summed E-state index contributed by atoms with van der Waals surface area (Å²) in [6, 6.07) is 9.79. The number of methoxy groups -OCH3 is 1. The zero-order valence-electron chi connectivity index (χ0n) is 19.3. The molecular formula is C25H26Cl2N2O5S. The Morgan fingerprint density at radius 2 is 1.77 bits per heavy atom. The average Bonchev–Trinajstić information content (AvgIpc) is 2.86. The smallest absolute Gasteiger partial charge is 0.328 e. The van der Waals surface area contributed by atoms with Gasteiger partial charge in [-0.25, -0.2) is 0 Å². The monoisotopic (exact) mass is 536 g/mol. The lowest BCUT2D eigenvalue weighted by atomic mass is 9.88. The van der Waals surface area contributed by atoms with Crippen LogP contribution in [0.3, 0.4) is 0 Å². The Balaban J connectivity index is 1.69. The first-order valence-corrected chi connectivity index (χ1v) is 12.5. The summed E-state index contributed by atoms with van der Waals surface area (Å²) in [5, 5.41) is 12.3. The zero-order chi connectivity index (χ0) is 25.7. The molecule has 0 aromatic heterocycles. The molecule has 186 valence electrons. The Bertz CT molecular complexity index is 1150.